The molecule has 0 amide bonds. The van der Waals surface area contributed by atoms with Crippen LogP contribution in [0.2, 0.25) is 0 Å². The van der Waals surface area contributed by atoms with Gasteiger partial charge in [0.05, 0.1) is 6.42 Å². The molecule has 22 heavy (non-hydrogen) atoms. The van der Waals surface area contributed by atoms with Gasteiger partial charge in [-0.25, -0.2) is 4.79 Å². The molecule has 0 unspecified atom stereocenters. The second kappa shape index (κ2) is 8.29. The van der Waals surface area contributed by atoms with Crippen molar-refractivity contribution < 1.29 is 14.3 Å². The molecular weight excluding hydrogens is 276 g/mol. The summed E-state index contributed by atoms with van der Waals surface area (Å²) < 4.78 is 10.6. The third-order valence-electron chi connectivity index (χ3n) is 2.89. The fourth-order valence-corrected chi connectivity index (χ4v) is 1.64. The molecular formula is C19H24O3. The van der Waals surface area contributed by atoms with Crippen LogP contribution in [-0.4, -0.2) is 17.9 Å². The smallest absolute Gasteiger partial charge is 0.429 e. The van der Waals surface area contributed by atoms with Crippen molar-refractivity contribution >= 4 is 6.16 Å². The summed E-state index contributed by atoms with van der Waals surface area (Å²) >= 11 is 0. The predicted octanol–water partition coefficient (Wildman–Crippen LogP) is 4.71. The van der Waals surface area contributed by atoms with Crippen molar-refractivity contribution in [2.45, 2.75) is 52.7 Å². The number of carbonyl (C=O) groups excluding carboxylic acids is 1. The van der Waals surface area contributed by atoms with Gasteiger partial charge in [-0.1, -0.05) is 36.1 Å². The minimum atomic E-state index is -0.666. The molecule has 0 saturated carbocycles. The van der Waals surface area contributed by atoms with E-state index in [-0.39, 0.29) is 0 Å². The number of carbonyl (C=O) groups is 1. The molecule has 3 nitrogen and oxygen atoms in total. The lowest BCUT2D eigenvalue weighted by Crippen LogP contribution is -2.28. The SMILES string of the molecule is C/C=C(\C)[C@@H](CC#Cc1ccccc1)OC(=O)OC(C)(C)C. The number of hydrogen-bond acceptors (Lipinski definition) is 3. The Morgan fingerprint density at radius 1 is 1.27 bits per heavy atom. The van der Waals surface area contributed by atoms with E-state index in [4.69, 9.17) is 9.47 Å². The highest BCUT2D eigenvalue weighted by Gasteiger charge is 2.21. The van der Waals surface area contributed by atoms with Gasteiger partial charge in [-0.15, -0.1) is 0 Å². The molecule has 1 aromatic carbocycles. The number of rotatable bonds is 3. The molecule has 0 saturated heterocycles. The number of ether oxygens (including phenoxy) is 2. The highest BCUT2D eigenvalue weighted by molar-refractivity contribution is 5.61. The van der Waals surface area contributed by atoms with Crippen molar-refractivity contribution in [2.75, 3.05) is 0 Å². The minimum absolute atomic E-state index is 0.393. The molecule has 0 bridgehead atoms. The molecule has 1 rings (SSSR count). The van der Waals surface area contributed by atoms with Crippen molar-refractivity contribution in [3.8, 4) is 11.8 Å². The molecule has 1 aromatic rings. The van der Waals surface area contributed by atoms with Crippen LogP contribution in [0.4, 0.5) is 4.79 Å². The summed E-state index contributed by atoms with van der Waals surface area (Å²) in [7, 11) is 0. The number of allylic oxidation sites excluding steroid dienone is 1. The van der Waals surface area contributed by atoms with Crippen molar-refractivity contribution in [2.24, 2.45) is 0 Å². The Bertz CT molecular complexity index is 568. The van der Waals surface area contributed by atoms with Gasteiger partial charge in [-0.05, 0) is 52.3 Å². The van der Waals surface area contributed by atoms with E-state index >= 15 is 0 Å². The average Bonchev–Trinajstić information content (AvgIpc) is 2.44. The van der Waals surface area contributed by atoms with Crippen LogP contribution in [0.5, 0.6) is 0 Å². The van der Waals surface area contributed by atoms with Crippen molar-refractivity contribution in [1.82, 2.24) is 0 Å². The highest BCUT2D eigenvalue weighted by Crippen LogP contribution is 2.15. The van der Waals surface area contributed by atoms with Gasteiger partial charge in [-0.3, -0.25) is 0 Å². The van der Waals surface area contributed by atoms with Crippen molar-refractivity contribution in [3.05, 3.63) is 47.5 Å². The van der Waals surface area contributed by atoms with Gasteiger partial charge in [0.2, 0.25) is 0 Å². The zero-order valence-electron chi connectivity index (χ0n) is 14.0. The maximum Gasteiger partial charge on any atom is 0.509 e. The molecule has 3 heteroatoms. The summed E-state index contributed by atoms with van der Waals surface area (Å²) in [6.45, 7) is 9.24. The van der Waals surface area contributed by atoms with E-state index in [1.54, 1.807) is 20.8 Å². The molecule has 0 aliphatic carbocycles. The van der Waals surface area contributed by atoms with Crippen LogP contribution in [0.15, 0.2) is 42.0 Å². The summed E-state index contributed by atoms with van der Waals surface area (Å²) in [6, 6.07) is 9.72. The van der Waals surface area contributed by atoms with Crippen molar-refractivity contribution in [1.29, 1.82) is 0 Å². The standard InChI is InChI=1S/C19H24O3/c1-6-15(2)17(21-18(20)22-19(3,4)5)14-10-13-16-11-8-7-9-12-16/h6-9,11-12,17H,14H2,1-5H3/b15-6+/t17-/m1/s1. The second-order valence-electron chi connectivity index (χ2n) is 5.98. The Labute approximate surface area is 133 Å². The van der Waals surface area contributed by atoms with E-state index in [0.29, 0.717) is 6.42 Å². The van der Waals surface area contributed by atoms with Gasteiger partial charge in [0, 0.05) is 5.56 Å². The van der Waals surface area contributed by atoms with E-state index in [1.807, 2.05) is 50.3 Å². The summed E-state index contributed by atoms with van der Waals surface area (Å²) in [6.07, 6.45) is 1.29. The average molecular weight is 300 g/mol. The third-order valence-corrected chi connectivity index (χ3v) is 2.89. The molecule has 0 N–H and O–H groups in total. The first-order valence-corrected chi connectivity index (χ1v) is 7.38. The molecule has 0 spiro atoms. The molecule has 1 atom stereocenters. The van der Waals surface area contributed by atoms with E-state index in [0.717, 1.165) is 11.1 Å². The van der Waals surface area contributed by atoms with Crippen LogP contribution in [0.25, 0.3) is 0 Å². The van der Waals surface area contributed by atoms with Crippen LogP contribution in [-0.2, 0) is 9.47 Å². The Hall–Kier alpha value is -2.21. The molecule has 0 fully saturated rings. The molecule has 0 aliphatic heterocycles. The van der Waals surface area contributed by atoms with Gasteiger partial charge >= 0.3 is 6.16 Å². The monoisotopic (exact) mass is 300 g/mol. The second-order valence-corrected chi connectivity index (χ2v) is 5.98. The number of benzene rings is 1. The minimum Gasteiger partial charge on any atom is -0.429 e. The first kappa shape index (κ1) is 17.8. The fourth-order valence-electron chi connectivity index (χ4n) is 1.64. The molecule has 0 radical (unpaired) electrons. The lowest BCUT2D eigenvalue weighted by Gasteiger charge is -2.22. The van der Waals surface area contributed by atoms with E-state index in [1.165, 1.54) is 0 Å². The first-order valence-electron chi connectivity index (χ1n) is 7.38. The van der Waals surface area contributed by atoms with E-state index < -0.39 is 17.9 Å². The summed E-state index contributed by atoms with van der Waals surface area (Å²) in [5.41, 5.74) is 1.33. The van der Waals surface area contributed by atoms with Gasteiger partial charge in [0.25, 0.3) is 0 Å². The van der Waals surface area contributed by atoms with Gasteiger partial charge in [-0.2, -0.15) is 0 Å². The first-order chi connectivity index (χ1) is 10.3. The summed E-state index contributed by atoms with van der Waals surface area (Å²) in [5, 5.41) is 0. The van der Waals surface area contributed by atoms with Gasteiger partial charge in [0.15, 0.2) is 0 Å². The van der Waals surface area contributed by atoms with E-state index in [2.05, 4.69) is 11.8 Å². The summed E-state index contributed by atoms with van der Waals surface area (Å²) in [4.78, 5) is 11.8. The van der Waals surface area contributed by atoms with Crippen LogP contribution in [0.3, 0.4) is 0 Å². The number of hydrogen-bond donors (Lipinski definition) is 0. The fraction of sp³-hybridized carbons (Fsp3) is 0.421. The van der Waals surface area contributed by atoms with Gasteiger partial charge in [0.1, 0.15) is 11.7 Å². The Balaban J connectivity index is 2.70. The third kappa shape index (κ3) is 6.99. The molecule has 0 aromatic heterocycles. The maximum atomic E-state index is 11.8. The zero-order chi connectivity index (χ0) is 16.6. The lowest BCUT2D eigenvalue weighted by atomic mass is 10.1. The Morgan fingerprint density at radius 2 is 1.91 bits per heavy atom. The van der Waals surface area contributed by atoms with Crippen LogP contribution in [0.1, 0.15) is 46.6 Å². The van der Waals surface area contributed by atoms with Crippen LogP contribution < -0.4 is 0 Å². The van der Waals surface area contributed by atoms with Crippen molar-refractivity contribution in [3.63, 3.8) is 0 Å². The normalized spacial score (nSPS) is 12.9. The van der Waals surface area contributed by atoms with Gasteiger partial charge < -0.3 is 9.47 Å². The topological polar surface area (TPSA) is 35.5 Å². The highest BCUT2D eigenvalue weighted by atomic mass is 16.7. The quantitative estimate of drug-likeness (QED) is 0.460. The predicted molar refractivity (Wildman–Crippen MR) is 88.5 cm³/mol. The largest absolute Gasteiger partial charge is 0.509 e. The zero-order valence-corrected chi connectivity index (χ0v) is 14.0. The maximum absolute atomic E-state index is 11.8. The molecule has 0 heterocycles. The van der Waals surface area contributed by atoms with Crippen LogP contribution >= 0.6 is 0 Å². The van der Waals surface area contributed by atoms with E-state index in [9.17, 15) is 4.79 Å². The molecule has 0 aliphatic rings. The lowest BCUT2D eigenvalue weighted by molar-refractivity contribution is -0.0193. The van der Waals surface area contributed by atoms with Crippen LogP contribution in [0, 0.1) is 11.8 Å². The molecule has 118 valence electrons. The summed E-state index contributed by atoms with van der Waals surface area (Å²) in [5.74, 6) is 6.13. The Kier molecular flexibility index (Phi) is 6.72. The Morgan fingerprint density at radius 3 is 2.45 bits per heavy atom.